The number of H-pyrrole nitrogens is 1. The highest BCUT2D eigenvalue weighted by Crippen LogP contribution is 2.23. The number of tetrazole rings is 1. The van der Waals surface area contributed by atoms with E-state index in [0.29, 0.717) is 30.2 Å². The van der Waals surface area contributed by atoms with Crippen LogP contribution in [0.5, 0.6) is 11.5 Å². The summed E-state index contributed by atoms with van der Waals surface area (Å²) in [5.41, 5.74) is 2.03. The molecule has 1 N–H and O–H groups in total. The maximum atomic E-state index is 12.9. The van der Waals surface area contributed by atoms with Crippen molar-refractivity contribution < 1.29 is 19.0 Å². The third-order valence-corrected chi connectivity index (χ3v) is 5.66. The van der Waals surface area contributed by atoms with Crippen molar-refractivity contribution in [1.82, 2.24) is 30.1 Å². The zero-order valence-electron chi connectivity index (χ0n) is 20.4. The molecule has 0 aliphatic carbocycles. The number of methoxy groups -OCH3 is 2. The molecule has 36 heavy (non-hydrogen) atoms. The summed E-state index contributed by atoms with van der Waals surface area (Å²) in [5, 5.41) is 12.6. The van der Waals surface area contributed by atoms with Crippen LogP contribution < -0.4 is 15.0 Å². The number of nitrogens with one attached hydrogen (secondary N) is 1. The number of nitrogens with zero attached hydrogens (tertiary/aromatic N) is 5. The first kappa shape index (κ1) is 24.9. The van der Waals surface area contributed by atoms with E-state index in [9.17, 15) is 9.59 Å². The number of carbonyl (C=O) groups is 1. The first-order valence-electron chi connectivity index (χ1n) is 11.5. The molecule has 11 heteroatoms. The van der Waals surface area contributed by atoms with Crippen molar-refractivity contribution in [3.05, 3.63) is 75.8 Å². The van der Waals surface area contributed by atoms with E-state index in [0.717, 1.165) is 22.2 Å². The van der Waals surface area contributed by atoms with E-state index in [4.69, 9.17) is 14.2 Å². The third kappa shape index (κ3) is 5.87. The lowest BCUT2D eigenvalue weighted by Gasteiger charge is -2.23. The molecule has 4 aromatic rings. The van der Waals surface area contributed by atoms with Crippen molar-refractivity contribution in [3.8, 4) is 11.5 Å². The lowest BCUT2D eigenvalue weighted by Crippen LogP contribution is -2.28. The molecule has 0 saturated carbocycles. The fraction of sp³-hybridized carbons (Fsp3) is 0.320. The minimum absolute atomic E-state index is 0.102. The Bertz CT molecular complexity index is 1400. The van der Waals surface area contributed by atoms with Crippen LogP contribution >= 0.6 is 0 Å². The Hall–Kier alpha value is -4.25. The van der Waals surface area contributed by atoms with Crippen LogP contribution in [-0.2, 0) is 35.7 Å². The van der Waals surface area contributed by atoms with Gasteiger partial charge in [0.15, 0.2) is 5.82 Å². The lowest BCUT2D eigenvalue weighted by molar-refractivity contribution is -0.144. The molecular weight excluding hydrogens is 464 g/mol. The van der Waals surface area contributed by atoms with Crippen molar-refractivity contribution in [3.63, 3.8) is 0 Å². The Balaban J connectivity index is 1.66. The first-order chi connectivity index (χ1) is 17.5. The Labute approximate surface area is 207 Å². The number of hydrogen-bond acceptors (Lipinski definition) is 9. The van der Waals surface area contributed by atoms with Crippen molar-refractivity contribution in [2.75, 3.05) is 20.8 Å². The fourth-order valence-corrected chi connectivity index (χ4v) is 3.95. The average molecular weight is 493 g/mol. The summed E-state index contributed by atoms with van der Waals surface area (Å²) in [6.07, 6.45) is 0. The molecule has 0 atom stereocenters. The Morgan fingerprint density at radius 2 is 1.83 bits per heavy atom. The second-order valence-electron chi connectivity index (χ2n) is 8.09. The molecule has 2 aromatic heterocycles. The van der Waals surface area contributed by atoms with Gasteiger partial charge in [-0.05, 0) is 47.7 Å². The summed E-state index contributed by atoms with van der Waals surface area (Å²) in [5.74, 6) is 1.47. The van der Waals surface area contributed by atoms with Crippen LogP contribution in [-0.4, -0.2) is 56.9 Å². The fourth-order valence-electron chi connectivity index (χ4n) is 3.95. The van der Waals surface area contributed by atoms with E-state index in [1.54, 1.807) is 27.2 Å². The summed E-state index contributed by atoms with van der Waals surface area (Å²) in [4.78, 5) is 29.9. The Morgan fingerprint density at radius 1 is 1.03 bits per heavy atom. The van der Waals surface area contributed by atoms with E-state index in [2.05, 4.69) is 20.5 Å². The average Bonchev–Trinajstić information content (AvgIpc) is 3.30. The number of fused-ring (bicyclic) bond motifs is 1. The van der Waals surface area contributed by atoms with Gasteiger partial charge in [0.25, 0.3) is 5.56 Å². The largest absolute Gasteiger partial charge is 0.497 e. The van der Waals surface area contributed by atoms with Crippen molar-refractivity contribution in [1.29, 1.82) is 0 Å². The van der Waals surface area contributed by atoms with E-state index in [1.807, 2.05) is 47.4 Å². The molecule has 0 amide bonds. The Morgan fingerprint density at radius 3 is 2.61 bits per heavy atom. The summed E-state index contributed by atoms with van der Waals surface area (Å²) < 4.78 is 17.3. The minimum atomic E-state index is -0.428. The molecule has 2 aromatic carbocycles. The van der Waals surface area contributed by atoms with Gasteiger partial charge in [0.1, 0.15) is 18.0 Å². The summed E-state index contributed by atoms with van der Waals surface area (Å²) in [6.45, 7) is 2.93. The van der Waals surface area contributed by atoms with Gasteiger partial charge < -0.3 is 19.2 Å². The quantitative estimate of drug-likeness (QED) is 0.314. The van der Waals surface area contributed by atoms with E-state index in [-0.39, 0.29) is 25.3 Å². The normalized spacial score (nSPS) is 11.1. The SMILES string of the molecule is CCOC(=O)Cn1nnnc1CN(Cc1ccccc1OC)Cc1cc2cc(OC)ccc2[nH]c1=O. The molecule has 0 fully saturated rings. The molecule has 0 bridgehead atoms. The number of carbonyl (C=O) groups excluding carboxylic acids is 1. The molecule has 0 spiro atoms. The highest BCUT2D eigenvalue weighted by Gasteiger charge is 2.18. The molecule has 2 heterocycles. The molecule has 0 aliphatic heterocycles. The highest BCUT2D eigenvalue weighted by atomic mass is 16.5. The number of benzene rings is 2. The second kappa shape index (κ2) is 11.5. The number of aromatic nitrogens is 5. The van der Waals surface area contributed by atoms with Crippen molar-refractivity contribution in [2.24, 2.45) is 0 Å². The van der Waals surface area contributed by atoms with E-state index >= 15 is 0 Å². The summed E-state index contributed by atoms with van der Waals surface area (Å²) in [6, 6.07) is 15.0. The smallest absolute Gasteiger partial charge is 0.327 e. The molecule has 0 radical (unpaired) electrons. The van der Waals surface area contributed by atoms with E-state index < -0.39 is 5.97 Å². The summed E-state index contributed by atoms with van der Waals surface area (Å²) in [7, 11) is 3.22. The molecule has 188 valence electrons. The van der Waals surface area contributed by atoms with Gasteiger partial charge in [0, 0.05) is 35.1 Å². The zero-order valence-corrected chi connectivity index (χ0v) is 20.4. The van der Waals surface area contributed by atoms with Crippen LogP contribution in [0, 0.1) is 0 Å². The van der Waals surface area contributed by atoms with Crippen LogP contribution in [0.4, 0.5) is 0 Å². The minimum Gasteiger partial charge on any atom is -0.497 e. The monoisotopic (exact) mass is 492 g/mol. The highest BCUT2D eigenvalue weighted by molar-refractivity contribution is 5.80. The lowest BCUT2D eigenvalue weighted by atomic mass is 10.1. The number of hydrogen-bond donors (Lipinski definition) is 1. The van der Waals surface area contributed by atoms with Gasteiger partial charge in [0.05, 0.1) is 27.4 Å². The molecule has 0 unspecified atom stereocenters. The number of ether oxygens (including phenoxy) is 3. The Kier molecular flexibility index (Phi) is 7.91. The zero-order chi connectivity index (χ0) is 25.5. The first-order valence-corrected chi connectivity index (χ1v) is 11.5. The number of rotatable bonds is 11. The van der Waals surface area contributed by atoms with Gasteiger partial charge in [-0.25, -0.2) is 4.68 Å². The molecule has 11 nitrogen and oxygen atoms in total. The topological polar surface area (TPSA) is 124 Å². The molecule has 0 aliphatic rings. The third-order valence-electron chi connectivity index (χ3n) is 5.66. The maximum Gasteiger partial charge on any atom is 0.327 e. The van der Waals surface area contributed by atoms with Crippen LogP contribution in [0.2, 0.25) is 0 Å². The van der Waals surface area contributed by atoms with Crippen LogP contribution in [0.25, 0.3) is 10.9 Å². The predicted octanol–water partition coefficient (Wildman–Crippen LogP) is 2.30. The maximum absolute atomic E-state index is 12.9. The standard InChI is InChI=1S/C25H28N6O5/c1-4-36-24(32)16-31-23(27-28-29-31)15-30(13-17-7-5-6-8-22(17)35-3)14-19-11-18-12-20(34-2)9-10-21(18)26-25(19)33/h5-12H,4,13-16H2,1-3H3,(H,26,33). The predicted molar refractivity (Wildman–Crippen MR) is 132 cm³/mol. The summed E-state index contributed by atoms with van der Waals surface area (Å²) >= 11 is 0. The number of pyridine rings is 1. The van der Waals surface area contributed by atoms with Gasteiger partial charge in [-0.1, -0.05) is 18.2 Å². The number of aromatic amines is 1. The number of esters is 1. The van der Waals surface area contributed by atoms with Crippen molar-refractivity contribution in [2.45, 2.75) is 33.1 Å². The van der Waals surface area contributed by atoms with Crippen molar-refractivity contribution >= 4 is 16.9 Å². The number of para-hydroxylation sites is 1. The van der Waals surface area contributed by atoms with Gasteiger partial charge in [-0.3, -0.25) is 14.5 Å². The van der Waals surface area contributed by atoms with E-state index in [1.165, 1.54) is 4.68 Å². The van der Waals surface area contributed by atoms with Gasteiger partial charge in [-0.2, -0.15) is 0 Å². The van der Waals surface area contributed by atoms with Crippen LogP contribution in [0.1, 0.15) is 23.9 Å². The second-order valence-corrected chi connectivity index (χ2v) is 8.09. The molecule has 0 saturated heterocycles. The van der Waals surface area contributed by atoms with Gasteiger partial charge in [0.2, 0.25) is 0 Å². The van der Waals surface area contributed by atoms with Crippen LogP contribution in [0.3, 0.4) is 0 Å². The van der Waals surface area contributed by atoms with Crippen LogP contribution in [0.15, 0.2) is 53.3 Å². The van der Waals surface area contributed by atoms with Gasteiger partial charge >= 0.3 is 5.97 Å². The molecule has 4 rings (SSSR count). The molecular formula is C25H28N6O5. The van der Waals surface area contributed by atoms with Gasteiger partial charge in [-0.15, -0.1) is 5.10 Å².